The van der Waals surface area contributed by atoms with Crippen LogP contribution in [0.5, 0.6) is 0 Å². The van der Waals surface area contributed by atoms with Gasteiger partial charge in [0.1, 0.15) is 6.33 Å². The largest absolute Gasteiger partial charge is 0.301 e. The van der Waals surface area contributed by atoms with Crippen molar-refractivity contribution < 1.29 is 0 Å². The van der Waals surface area contributed by atoms with Crippen LogP contribution < -0.4 is 0 Å². The Hall–Kier alpha value is -2.65. The van der Waals surface area contributed by atoms with E-state index in [1.54, 1.807) is 40.7 Å². The number of rotatable bonds is 5. The van der Waals surface area contributed by atoms with E-state index in [-0.39, 0.29) is 0 Å². The van der Waals surface area contributed by atoms with Gasteiger partial charge in [-0.1, -0.05) is 41.7 Å². The lowest BCUT2D eigenvalue weighted by atomic mass is 10.2. The zero-order valence-corrected chi connectivity index (χ0v) is 15.8. The van der Waals surface area contributed by atoms with Crippen LogP contribution in [0.4, 0.5) is 0 Å². The van der Waals surface area contributed by atoms with Crippen molar-refractivity contribution in [1.82, 2.24) is 34.5 Å². The van der Waals surface area contributed by atoms with Gasteiger partial charge in [-0.05, 0) is 24.3 Å². The van der Waals surface area contributed by atoms with Gasteiger partial charge in [0.2, 0.25) is 5.16 Å². The lowest BCUT2D eigenvalue weighted by Gasteiger charge is -2.07. The standard InChI is InChI=1S/C18H15N7S2/c1-2-6-14(7-3-1)25-12-20-17(23-25)26-11-15-10-24-16(21-22-18(24)27-15)13-5-4-8-19-9-13/h1-9,12,15H,10-11H2. The molecule has 134 valence electrons. The van der Waals surface area contributed by atoms with Crippen molar-refractivity contribution in [3.63, 3.8) is 0 Å². The van der Waals surface area contributed by atoms with Crippen LogP contribution in [-0.2, 0) is 6.54 Å². The molecule has 1 aliphatic rings. The molecule has 0 fully saturated rings. The molecule has 1 aliphatic heterocycles. The highest BCUT2D eigenvalue weighted by Gasteiger charge is 2.28. The number of aromatic nitrogens is 7. The molecule has 1 aromatic carbocycles. The first-order chi connectivity index (χ1) is 13.4. The minimum absolute atomic E-state index is 0.416. The first-order valence-electron chi connectivity index (χ1n) is 8.47. The molecule has 0 saturated heterocycles. The van der Waals surface area contributed by atoms with E-state index in [9.17, 15) is 0 Å². The van der Waals surface area contributed by atoms with Gasteiger partial charge in [0.15, 0.2) is 11.0 Å². The van der Waals surface area contributed by atoms with Crippen LogP contribution in [0.1, 0.15) is 0 Å². The summed E-state index contributed by atoms with van der Waals surface area (Å²) < 4.78 is 3.97. The molecule has 3 aromatic heterocycles. The third-order valence-corrected chi connectivity index (χ3v) is 6.57. The molecule has 9 heteroatoms. The number of pyridine rings is 1. The van der Waals surface area contributed by atoms with Gasteiger partial charge in [0.25, 0.3) is 0 Å². The monoisotopic (exact) mass is 393 g/mol. The number of thioether (sulfide) groups is 2. The molecule has 0 aliphatic carbocycles. The Bertz CT molecular complexity index is 1050. The van der Waals surface area contributed by atoms with Crippen LogP contribution in [0, 0.1) is 0 Å². The molecule has 0 spiro atoms. The topological polar surface area (TPSA) is 74.3 Å². The summed E-state index contributed by atoms with van der Waals surface area (Å²) in [5.41, 5.74) is 2.01. The summed E-state index contributed by atoms with van der Waals surface area (Å²) >= 11 is 3.43. The van der Waals surface area contributed by atoms with Crippen molar-refractivity contribution in [3.05, 3.63) is 61.2 Å². The summed E-state index contributed by atoms with van der Waals surface area (Å²) in [4.78, 5) is 8.60. The average molecular weight is 394 g/mol. The number of nitrogens with zero attached hydrogens (tertiary/aromatic N) is 7. The lowest BCUT2D eigenvalue weighted by molar-refractivity contribution is 0.677. The number of fused-ring (bicyclic) bond motifs is 1. The Morgan fingerprint density at radius 1 is 1.11 bits per heavy atom. The molecule has 1 atom stereocenters. The molecule has 4 heterocycles. The predicted octanol–water partition coefficient (Wildman–Crippen LogP) is 3.19. The highest BCUT2D eigenvalue weighted by atomic mass is 32.2. The summed E-state index contributed by atoms with van der Waals surface area (Å²) in [5.74, 6) is 1.80. The number of para-hydroxylation sites is 1. The van der Waals surface area contributed by atoms with E-state index in [1.165, 1.54) is 0 Å². The SMILES string of the molecule is c1ccc(-n2cnc(SCC3Cn4c(nnc4-c4cccnc4)S3)n2)cc1. The lowest BCUT2D eigenvalue weighted by Crippen LogP contribution is -2.10. The van der Waals surface area contributed by atoms with Crippen LogP contribution >= 0.6 is 23.5 Å². The van der Waals surface area contributed by atoms with Gasteiger partial charge >= 0.3 is 0 Å². The fourth-order valence-corrected chi connectivity index (χ4v) is 4.99. The molecule has 0 saturated carbocycles. The van der Waals surface area contributed by atoms with Crippen molar-refractivity contribution >= 4 is 23.5 Å². The molecular weight excluding hydrogens is 378 g/mol. The van der Waals surface area contributed by atoms with Gasteiger partial charge in [-0.25, -0.2) is 9.67 Å². The maximum Gasteiger partial charge on any atom is 0.208 e. The molecule has 4 aromatic rings. The third kappa shape index (κ3) is 3.35. The van der Waals surface area contributed by atoms with Gasteiger partial charge in [-0.2, -0.15) is 0 Å². The van der Waals surface area contributed by atoms with Crippen LogP contribution in [0.2, 0.25) is 0 Å². The molecule has 7 nitrogen and oxygen atoms in total. The smallest absolute Gasteiger partial charge is 0.208 e. The van der Waals surface area contributed by atoms with Crippen LogP contribution in [0.15, 0.2) is 71.5 Å². The van der Waals surface area contributed by atoms with Crippen LogP contribution in [-0.4, -0.2) is 45.5 Å². The summed E-state index contributed by atoms with van der Waals surface area (Å²) in [6.07, 6.45) is 5.35. The normalized spacial score (nSPS) is 15.8. The van der Waals surface area contributed by atoms with Crippen LogP contribution in [0.25, 0.3) is 17.1 Å². The quantitative estimate of drug-likeness (QED) is 0.482. The van der Waals surface area contributed by atoms with Gasteiger partial charge in [-0.15, -0.1) is 15.3 Å². The van der Waals surface area contributed by atoms with Gasteiger partial charge in [0, 0.05) is 35.5 Å². The first kappa shape index (κ1) is 16.5. The Labute approximate surface area is 164 Å². The van der Waals surface area contributed by atoms with Crippen molar-refractivity contribution in [1.29, 1.82) is 0 Å². The molecule has 27 heavy (non-hydrogen) atoms. The van der Waals surface area contributed by atoms with Crippen molar-refractivity contribution in [2.75, 3.05) is 5.75 Å². The minimum atomic E-state index is 0.416. The number of benzene rings is 1. The average Bonchev–Trinajstić information content (AvgIpc) is 3.43. The second-order valence-electron chi connectivity index (χ2n) is 6.02. The van der Waals surface area contributed by atoms with Crippen LogP contribution in [0.3, 0.4) is 0 Å². The van der Waals surface area contributed by atoms with Gasteiger partial charge in [0.05, 0.1) is 5.69 Å². The summed E-state index contributed by atoms with van der Waals surface area (Å²) in [6, 6.07) is 13.9. The molecule has 5 rings (SSSR count). The van der Waals surface area contributed by atoms with Crippen molar-refractivity contribution in [2.24, 2.45) is 0 Å². The van der Waals surface area contributed by atoms with Gasteiger partial charge in [-0.3, -0.25) is 4.98 Å². The number of hydrogen-bond acceptors (Lipinski definition) is 7. The molecular formula is C18H15N7S2. The minimum Gasteiger partial charge on any atom is -0.301 e. The maximum atomic E-state index is 4.56. The Balaban J connectivity index is 1.24. The second kappa shape index (κ2) is 7.16. The summed E-state index contributed by atoms with van der Waals surface area (Å²) in [5, 5.41) is 15.4. The van der Waals surface area contributed by atoms with E-state index >= 15 is 0 Å². The van der Waals surface area contributed by atoms with Crippen molar-refractivity contribution in [2.45, 2.75) is 22.1 Å². The Morgan fingerprint density at radius 2 is 2.04 bits per heavy atom. The van der Waals surface area contributed by atoms with E-state index in [0.29, 0.717) is 5.25 Å². The van der Waals surface area contributed by atoms with E-state index < -0.39 is 0 Å². The molecule has 1 unspecified atom stereocenters. The van der Waals surface area contributed by atoms with E-state index in [2.05, 4.69) is 29.8 Å². The highest BCUT2D eigenvalue weighted by molar-refractivity contribution is 8.03. The highest BCUT2D eigenvalue weighted by Crippen LogP contribution is 2.36. The fraction of sp³-hybridized carbons (Fsp3) is 0.167. The molecule has 0 radical (unpaired) electrons. The van der Waals surface area contributed by atoms with Gasteiger partial charge < -0.3 is 4.57 Å². The van der Waals surface area contributed by atoms with E-state index in [0.717, 1.165) is 39.7 Å². The third-order valence-electron chi connectivity index (χ3n) is 4.18. The Morgan fingerprint density at radius 3 is 2.89 bits per heavy atom. The molecule has 0 amide bonds. The zero-order chi connectivity index (χ0) is 18.1. The fourth-order valence-electron chi connectivity index (χ4n) is 2.91. The Kier molecular flexibility index (Phi) is 4.38. The van der Waals surface area contributed by atoms with E-state index in [1.807, 2.05) is 48.7 Å². The van der Waals surface area contributed by atoms with E-state index in [4.69, 9.17) is 0 Å². The van der Waals surface area contributed by atoms with Crippen molar-refractivity contribution in [3.8, 4) is 17.1 Å². The summed E-state index contributed by atoms with van der Waals surface area (Å²) in [6.45, 7) is 0.879. The maximum absolute atomic E-state index is 4.56. The zero-order valence-electron chi connectivity index (χ0n) is 14.2. The predicted molar refractivity (Wildman–Crippen MR) is 105 cm³/mol. The summed E-state index contributed by atoms with van der Waals surface area (Å²) in [7, 11) is 0. The molecule has 0 bridgehead atoms. The second-order valence-corrected chi connectivity index (χ2v) is 8.27. The first-order valence-corrected chi connectivity index (χ1v) is 10.3. The number of hydrogen-bond donors (Lipinski definition) is 0. The molecule has 0 N–H and O–H groups in total.